The van der Waals surface area contributed by atoms with E-state index in [4.69, 9.17) is 9.63 Å². The monoisotopic (exact) mass is 310 g/mol. The Morgan fingerprint density at radius 1 is 1.29 bits per heavy atom. The zero-order chi connectivity index (χ0) is 15.1. The Morgan fingerprint density at radius 2 is 1.95 bits per heavy atom. The normalized spacial score (nSPS) is 17.6. The molecule has 21 heavy (non-hydrogen) atoms. The summed E-state index contributed by atoms with van der Waals surface area (Å²) in [5.74, 6) is -0.315. The molecule has 6 heteroatoms. The highest BCUT2D eigenvalue weighted by atomic mass is 31.1. The van der Waals surface area contributed by atoms with E-state index in [1.807, 2.05) is 35.0 Å². The van der Waals surface area contributed by atoms with Crippen LogP contribution in [0.1, 0.15) is 31.2 Å². The van der Waals surface area contributed by atoms with Crippen molar-refractivity contribution < 1.29 is 19.0 Å². The number of rotatable bonds is 7. The van der Waals surface area contributed by atoms with Crippen molar-refractivity contribution in [3.05, 3.63) is 35.9 Å². The highest BCUT2D eigenvalue weighted by molar-refractivity contribution is 7.36. The minimum Gasteiger partial charge on any atom is -0.481 e. The molecule has 114 valence electrons. The van der Waals surface area contributed by atoms with E-state index in [0.29, 0.717) is 32.0 Å². The van der Waals surface area contributed by atoms with Crippen LogP contribution in [0.4, 0.5) is 0 Å². The van der Waals surface area contributed by atoms with Crippen LogP contribution in [-0.4, -0.2) is 28.8 Å². The third kappa shape index (κ3) is 5.54. The summed E-state index contributed by atoms with van der Waals surface area (Å²) < 4.78 is 19.4. The van der Waals surface area contributed by atoms with Crippen molar-refractivity contribution in [2.24, 2.45) is 5.92 Å². The molecular weight excluding hydrogens is 289 g/mol. The van der Waals surface area contributed by atoms with Crippen molar-refractivity contribution in [1.29, 1.82) is 0 Å². The Morgan fingerprint density at radius 3 is 2.57 bits per heavy atom. The van der Waals surface area contributed by atoms with E-state index >= 15 is 0 Å². The summed E-state index contributed by atoms with van der Waals surface area (Å²) in [4.78, 5) is 10.6. The summed E-state index contributed by atoms with van der Waals surface area (Å²) >= 11 is 0. The zero-order valence-electron chi connectivity index (χ0n) is 12.0. The lowest BCUT2D eigenvalue weighted by Crippen LogP contribution is -2.29. The minimum absolute atomic E-state index is 0.224. The molecule has 0 bridgehead atoms. The molecule has 1 aliphatic heterocycles. The lowest BCUT2D eigenvalue weighted by molar-refractivity contribution is -0.137. The number of aliphatic carboxylic acids is 1. The number of carboxylic acid groups (broad SMARTS) is 1. The fourth-order valence-electron chi connectivity index (χ4n) is 2.48. The quantitative estimate of drug-likeness (QED) is 0.781. The number of hydrogen-bond donors (Lipinski definition) is 1. The minimum atomic E-state index is -1.80. The second kappa shape index (κ2) is 8.23. The molecule has 1 aromatic carbocycles. The molecule has 0 spiro atoms. The lowest BCUT2D eigenvalue weighted by Gasteiger charge is -2.23. The standard InChI is InChI=1S/C15H20NO4P/c17-15(18)7-6-13-8-10-16(11-9-13)21(19)20-12-14-4-2-1-3-5-14/h1-5,13H,6-12H2/p+1. The van der Waals surface area contributed by atoms with Gasteiger partial charge in [-0.1, -0.05) is 35.0 Å². The lowest BCUT2D eigenvalue weighted by atomic mass is 9.93. The molecule has 1 fully saturated rings. The van der Waals surface area contributed by atoms with Crippen LogP contribution >= 0.6 is 8.18 Å². The molecule has 1 atom stereocenters. The third-order valence-electron chi connectivity index (χ3n) is 3.77. The van der Waals surface area contributed by atoms with Crippen LogP contribution in [0.2, 0.25) is 0 Å². The summed E-state index contributed by atoms with van der Waals surface area (Å²) in [5, 5.41) is 8.69. The van der Waals surface area contributed by atoms with Crippen LogP contribution in [0.25, 0.3) is 0 Å². The maximum Gasteiger partial charge on any atom is 0.616 e. The topological polar surface area (TPSA) is 66.8 Å². The summed E-state index contributed by atoms with van der Waals surface area (Å²) in [6.45, 7) is 1.79. The van der Waals surface area contributed by atoms with Gasteiger partial charge in [-0.25, -0.2) is 0 Å². The summed E-state index contributed by atoms with van der Waals surface area (Å²) in [6.07, 6.45) is 2.72. The Labute approximate surface area is 125 Å². The summed E-state index contributed by atoms with van der Waals surface area (Å²) in [6, 6.07) is 9.69. The van der Waals surface area contributed by atoms with Gasteiger partial charge in [0.2, 0.25) is 0 Å². The first kappa shape index (κ1) is 16.1. The summed E-state index contributed by atoms with van der Waals surface area (Å²) in [7, 11) is -1.80. The van der Waals surface area contributed by atoms with Crippen LogP contribution in [0.3, 0.4) is 0 Å². The first-order valence-corrected chi connectivity index (χ1v) is 8.39. The average Bonchev–Trinajstić information content (AvgIpc) is 2.52. The van der Waals surface area contributed by atoms with Gasteiger partial charge in [0.1, 0.15) is 6.61 Å². The highest BCUT2D eigenvalue weighted by Gasteiger charge is 2.34. The molecular formula is C15H21NO4P+. The van der Waals surface area contributed by atoms with Gasteiger partial charge in [0.05, 0.1) is 0 Å². The van der Waals surface area contributed by atoms with Gasteiger partial charge >= 0.3 is 14.1 Å². The van der Waals surface area contributed by atoms with E-state index in [2.05, 4.69) is 0 Å². The first-order chi connectivity index (χ1) is 10.1. The van der Waals surface area contributed by atoms with Crippen LogP contribution in [-0.2, 0) is 20.5 Å². The average molecular weight is 310 g/mol. The number of carbonyl (C=O) groups is 1. The molecule has 1 aliphatic rings. The van der Waals surface area contributed by atoms with Gasteiger partial charge in [-0.15, -0.1) is 4.52 Å². The van der Waals surface area contributed by atoms with Gasteiger partial charge in [0.25, 0.3) is 0 Å². The second-order valence-corrected chi connectivity index (χ2v) is 6.63. The largest absolute Gasteiger partial charge is 0.616 e. The molecule has 0 aromatic heterocycles. The van der Waals surface area contributed by atoms with Gasteiger partial charge in [-0.05, 0) is 35.3 Å². The van der Waals surface area contributed by atoms with Crippen LogP contribution in [0.5, 0.6) is 0 Å². The Hall–Kier alpha value is -1.29. The van der Waals surface area contributed by atoms with Gasteiger partial charge in [0, 0.05) is 19.5 Å². The van der Waals surface area contributed by atoms with Crippen LogP contribution in [0.15, 0.2) is 30.3 Å². The Kier molecular flexibility index (Phi) is 6.30. The van der Waals surface area contributed by atoms with E-state index in [-0.39, 0.29) is 6.42 Å². The van der Waals surface area contributed by atoms with Crippen molar-refractivity contribution >= 4 is 14.1 Å². The molecule has 0 aliphatic carbocycles. The SMILES string of the molecule is O=C(O)CCC1CCN([P+](=O)OCc2ccccc2)CC1. The van der Waals surface area contributed by atoms with Gasteiger partial charge < -0.3 is 5.11 Å². The Bertz CT molecular complexity index is 472. The summed E-state index contributed by atoms with van der Waals surface area (Å²) in [5.41, 5.74) is 1.01. The van der Waals surface area contributed by atoms with Crippen molar-refractivity contribution in [3.8, 4) is 0 Å². The maximum atomic E-state index is 12.1. The zero-order valence-corrected chi connectivity index (χ0v) is 12.9. The van der Waals surface area contributed by atoms with E-state index in [1.54, 1.807) is 0 Å². The van der Waals surface area contributed by atoms with Crippen molar-refractivity contribution in [1.82, 2.24) is 4.67 Å². The van der Waals surface area contributed by atoms with Gasteiger partial charge in [-0.3, -0.25) is 4.79 Å². The molecule has 5 nitrogen and oxygen atoms in total. The molecule has 0 radical (unpaired) electrons. The predicted molar refractivity (Wildman–Crippen MR) is 80.0 cm³/mol. The van der Waals surface area contributed by atoms with Crippen molar-refractivity contribution in [2.75, 3.05) is 13.1 Å². The molecule has 2 rings (SSSR count). The molecule has 1 aromatic rings. The maximum absolute atomic E-state index is 12.1. The number of benzene rings is 1. The smallest absolute Gasteiger partial charge is 0.481 e. The molecule has 1 unspecified atom stereocenters. The van der Waals surface area contributed by atoms with E-state index in [0.717, 1.165) is 18.4 Å². The number of nitrogens with zero attached hydrogens (tertiary/aromatic N) is 1. The number of carboxylic acids is 1. The molecule has 1 N–H and O–H groups in total. The van der Waals surface area contributed by atoms with E-state index < -0.39 is 14.1 Å². The van der Waals surface area contributed by atoms with Gasteiger partial charge in [-0.2, -0.15) is 0 Å². The van der Waals surface area contributed by atoms with Crippen molar-refractivity contribution in [3.63, 3.8) is 0 Å². The molecule has 1 saturated heterocycles. The van der Waals surface area contributed by atoms with Crippen molar-refractivity contribution in [2.45, 2.75) is 32.3 Å². The Balaban J connectivity index is 1.69. The fourth-order valence-corrected chi connectivity index (χ4v) is 3.46. The third-order valence-corrected chi connectivity index (χ3v) is 4.98. The second-order valence-electron chi connectivity index (χ2n) is 5.33. The van der Waals surface area contributed by atoms with Gasteiger partial charge in [0.15, 0.2) is 0 Å². The molecule has 1 heterocycles. The molecule has 0 amide bonds. The fraction of sp³-hybridized carbons (Fsp3) is 0.533. The predicted octanol–water partition coefficient (Wildman–Crippen LogP) is 3.44. The number of piperidine rings is 1. The molecule has 0 saturated carbocycles. The first-order valence-electron chi connectivity index (χ1n) is 7.26. The van der Waals surface area contributed by atoms with Crippen LogP contribution < -0.4 is 0 Å². The highest BCUT2D eigenvalue weighted by Crippen LogP contribution is 2.35. The number of hydrogen-bond acceptors (Lipinski definition) is 3. The van der Waals surface area contributed by atoms with E-state index in [9.17, 15) is 9.36 Å². The van der Waals surface area contributed by atoms with Crippen LogP contribution in [0, 0.1) is 5.92 Å². The van der Waals surface area contributed by atoms with E-state index in [1.165, 1.54) is 0 Å².